The van der Waals surface area contributed by atoms with E-state index in [-0.39, 0.29) is 51.8 Å². The number of fused-ring (bicyclic) bond motifs is 3. The van der Waals surface area contributed by atoms with E-state index in [0.29, 0.717) is 16.7 Å². The Morgan fingerprint density at radius 1 is 0.413 bits per heavy atom. The number of carbonyl (C=O) groups is 1. The van der Waals surface area contributed by atoms with E-state index < -0.39 is 157 Å². The van der Waals surface area contributed by atoms with Crippen molar-refractivity contribution in [3.63, 3.8) is 0 Å². The van der Waals surface area contributed by atoms with Crippen molar-refractivity contribution in [1.82, 2.24) is 0 Å². The van der Waals surface area contributed by atoms with Crippen LogP contribution in [-0.4, -0.2) is 158 Å². The van der Waals surface area contributed by atoms with E-state index in [2.05, 4.69) is 10.0 Å². The summed E-state index contributed by atoms with van der Waals surface area (Å²) in [6.45, 7) is 1.73. The molecule has 7 fully saturated rings. The van der Waals surface area contributed by atoms with Crippen molar-refractivity contribution in [3.05, 3.63) is 298 Å². The van der Waals surface area contributed by atoms with Gasteiger partial charge in [-0.3, -0.25) is 5.41 Å². The van der Waals surface area contributed by atoms with Crippen LogP contribution in [0.15, 0.2) is 248 Å². The molecule has 0 aromatic heterocycles. The molecule has 0 amide bonds. The molecule has 0 unspecified atom stereocenters. The van der Waals surface area contributed by atoms with Crippen LogP contribution in [0.25, 0.3) is 10.4 Å². The lowest BCUT2D eigenvalue weighted by Crippen LogP contribution is -2.70. The summed E-state index contributed by atoms with van der Waals surface area (Å²) in [4.78, 5) is 18.7. The third kappa shape index (κ3) is 18.6. The highest BCUT2D eigenvalue weighted by Crippen LogP contribution is 2.46. The van der Waals surface area contributed by atoms with Crippen LogP contribution in [0.3, 0.4) is 0 Å². The number of carbonyl (C=O) groups excluding carboxylic acids is 1. The van der Waals surface area contributed by atoms with E-state index >= 15 is 4.79 Å². The number of azide groups is 1. The molecule has 7 heterocycles. The van der Waals surface area contributed by atoms with Crippen molar-refractivity contribution in [2.24, 2.45) is 5.11 Å². The lowest BCUT2D eigenvalue weighted by molar-refractivity contribution is -0.419. The summed E-state index contributed by atoms with van der Waals surface area (Å²) in [6.07, 6.45) is -27.1. The van der Waals surface area contributed by atoms with Crippen molar-refractivity contribution in [2.75, 3.05) is 19.8 Å². The fraction of sp³-hybridized carbons (Fsp3) is 0.390. The molecule has 109 heavy (non-hydrogen) atoms. The average molecular weight is 1550 g/mol. The predicted molar refractivity (Wildman–Crippen MR) is 393 cm³/mol. The molecule has 23 atom stereocenters. The molecule has 7 saturated heterocycles. The van der Waals surface area contributed by atoms with Gasteiger partial charge in [0.15, 0.2) is 49.9 Å². The van der Waals surface area contributed by atoms with Crippen molar-refractivity contribution >= 4 is 46.7 Å². The highest BCUT2D eigenvalue weighted by atomic mass is 35.6. The highest BCUT2D eigenvalue weighted by molar-refractivity contribution is 6.76. The molecular formula is C82H81Cl3N4O20. The summed E-state index contributed by atoms with van der Waals surface area (Å²) >= 11 is 19.0. The van der Waals surface area contributed by atoms with Crippen LogP contribution < -0.4 is 0 Å². The van der Waals surface area contributed by atoms with Gasteiger partial charge < -0.3 is 90.0 Å². The van der Waals surface area contributed by atoms with Crippen molar-refractivity contribution in [3.8, 4) is 0 Å². The highest BCUT2D eigenvalue weighted by Gasteiger charge is 2.62. The largest absolute Gasteiger partial charge is 0.453 e. The van der Waals surface area contributed by atoms with Gasteiger partial charge in [-0.05, 0) is 46.8 Å². The van der Waals surface area contributed by atoms with E-state index in [9.17, 15) is 5.53 Å². The maximum Gasteiger partial charge on any atom is 0.338 e. The van der Waals surface area contributed by atoms with Gasteiger partial charge in [0.2, 0.25) is 12.2 Å². The SMILES string of the molecule is C[C@@H]1O[C@@H](O[C@H]2[C@H](O[C@@H]3[C@@H](N=[N+]=[N-])[C@H](O[C@H]4[C@H]5O[C@@H](c6ccccc6)OC[C@H]5O[C@H](OC(=N)C(Cl)(Cl)Cl)[C@@H]4OCc4ccccc4)O[C@@H]4CO[C@H](c5ccccc5)O[C@H]34)O[C@@H]3CO[C@H](c4ccccc4)O[C@@H]3[C@@H]2OC(=O)c2ccccc2)[C@@H](OCc2ccccc2)[C@H](OCc2ccccc2)[C@@H]1OCc1ccccc1. The zero-order chi connectivity index (χ0) is 74.6. The molecule has 0 radical (unpaired) electrons. The molecule has 8 aromatic rings. The van der Waals surface area contributed by atoms with E-state index in [4.69, 9.17) is 130 Å². The lowest BCUT2D eigenvalue weighted by Gasteiger charge is -2.54. The molecule has 0 bridgehead atoms. The smallest absolute Gasteiger partial charge is 0.338 e. The minimum absolute atomic E-state index is 0.0413. The van der Waals surface area contributed by atoms with Crippen molar-refractivity contribution in [1.29, 1.82) is 5.41 Å². The molecule has 24 nitrogen and oxygen atoms in total. The molecule has 1 N–H and O–H groups in total. The molecular weight excluding hydrogens is 1470 g/mol. The second-order valence-electron chi connectivity index (χ2n) is 27.1. The van der Waals surface area contributed by atoms with Crippen LogP contribution in [0.1, 0.15) is 75.1 Å². The molecule has 27 heteroatoms. The lowest BCUT2D eigenvalue weighted by atomic mass is 9.93. The maximum absolute atomic E-state index is 15.2. The number of esters is 1. The topological polar surface area (TPSA) is 265 Å². The van der Waals surface area contributed by atoms with Gasteiger partial charge in [0, 0.05) is 21.6 Å². The minimum atomic E-state index is -2.37. The Morgan fingerprint density at radius 3 is 1.20 bits per heavy atom. The summed E-state index contributed by atoms with van der Waals surface area (Å²) in [6, 6.07) is 73.1. The van der Waals surface area contributed by atoms with Crippen LogP contribution in [0.4, 0.5) is 0 Å². The molecule has 8 aromatic carbocycles. The number of hydrogen-bond acceptors (Lipinski definition) is 22. The summed E-state index contributed by atoms with van der Waals surface area (Å²) in [5.74, 6) is -1.55. The fourth-order valence-corrected chi connectivity index (χ4v) is 14.5. The van der Waals surface area contributed by atoms with Gasteiger partial charge in [0.25, 0.3) is 3.79 Å². The van der Waals surface area contributed by atoms with Crippen LogP contribution in [-0.2, 0) is 116 Å². The Balaban J connectivity index is 0.854. The van der Waals surface area contributed by atoms with E-state index in [1.807, 2.05) is 219 Å². The number of nitrogens with one attached hydrogen (secondary N) is 1. The quantitative estimate of drug-likeness (QED) is 0.0106. The average Bonchev–Trinajstić information content (AvgIpc) is 0.754. The predicted octanol–water partition coefficient (Wildman–Crippen LogP) is 14.0. The third-order valence-corrected chi connectivity index (χ3v) is 20.3. The number of nitrogens with zero attached hydrogens (tertiary/aromatic N) is 3. The maximum atomic E-state index is 15.2. The molecule has 570 valence electrons. The van der Waals surface area contributed by atoms with Gasteiger partial charge in [0.1, 0.15) is 79.3 Å². The molecule has 15 rings (SSSR count). The van der Waals surface area contributed by atoms with E-state index in [0.717, 1.165) is 22.3 Å². The molecule has 0 spiro atoms. The van der Waals surface area contributed by atoms with Gasteiger partial charge in [-0.2, -0.15) is 0 Å². The molecule has 7 aliphatic heterocycles. The number of rotatable bonds is 25. The van der Waals surface area contributed by atoms with E-state index in [1.165, 1.54) is 0 Å². The number of halogens is 3. The van der Waals surface area contributed by atoms with Gasteiger partial charge >= 0.3 is 5.97 Å². The van der Waals surface area contributed by atoms with Gasteiger partial charge in [-0.15, -0.1) is 0 Å². The number of hydrogen-bond donors (Lipinski definition) is 1. The fourth-order valence-electron chi connectivity index (χ4n) is 14.4. The van der Waals surface area contributed by atoms with Gasteiger partial charge in [-0.25, -0.2) is 4.79 Å². The number of ether oxygens (including phenoxy) is 19. The Kier molecular flexibility index (Phi) is 25.4. The van der Waals surface area contributed by atoms with Crippen LogP contribution >= 0.6 is 34.8 Å². The minimum Gasteiger partial charge on any atom is -0.453 e. The second kappa shape index (κ2) is 36.1. The van der Waals surface area contributed by atoms with Crippen LogP contribution in [0.2, 0.25) is 0 Å². The van der Waals surface area contributed by atoms with E-state index in [1.54, 1.807) is 30.3 Å². The number of alkyl halides is 3. The van der Waals surface area contributed by atoms with Gasteiger partial charge in [0.05, 0.1) is 57.9 Å². The zero-order valence-electron chi connectivity index (χ0n) is 59.0. The first-order valence-electron chi connectivity index (χ1n) is 36.1. The summed E-state index contributed by atoms with van der Waals surface area (Å²) in [5, 5.41) is 13.4. The second-order valence-corrected chi connectivity index (χ2v) is 29.4. The summed E-state index contributed by atoms with van der Waals surface area (Å²) in [7, 11) is 0. The monoisotopic (exact) mass is 1550 g/mol. The standard InChI is InChI=1S/C82H81Cl3N4O20/c1-49-62(91-42-50-26-10-2-11-27-50)67(92-43-51-28-12-3-13-29-51)70(93-44-52-30-14-4-15-31-52)78(98-49)108-72-69(102-73(90)54-34-18-6-19-35-54)65-60(48-97-76(105-65)57-40-24-9-25-41-57)101-80(72)106-66-61(88-89-87)77(99-58-46-95-74(103-63(58)66)55-36-20-7-21-37-55)107-68-64-59(47-96-75(104-64)56-38-22-8-23-39-56)100-79(109-81(86)82(83,84)85)71(68)94-45-53-32-16-5-17-33-53/h2-41,49,58-72,74-80,86H,42-48H2,1H3/t49-,58+,59+,60+,61+,62+,63-,64-,65-,66+,67+,68-,69-,70-,71+,72+,74-,75-,76-,77-,78-,79+,80-/m0/s1. The Bertz CT molecular complexity index is 4240. The molecule has 0 aliphatic carbocycles. The first-order valence-corrected chi connectivity index (χ1v) is 37.3. The first kappa shape index (κ1) is 76.6. The normalized spacial score (nSPS) is 32.3. The zero-order valence-corrected chi connectivity index (χ0v) is 61.2. The van der Waals surface area contributed by atoms with Crippen LogP contribution in [0.5, 0.6) is 0 Å². The molecule has 7 aliphatic rings. The van der Waals surface area contributed by atoms with Crippen molar-refractivity contribution < 1.29 is 94.8 Å². The first-order chi connectivity index (χ1) is 53.3. The Hall–Kier alpha value is -7.80. The Morgan fingerprint density at radius 2 is 0.761 bits per heavy atom. The van der Waals surface area contributed by atoms with Crippen molar-refractivity contribution in [2.45, 2.75) is 179 Å². The van der Waals surface area contributed by atoms with Crippen LogP contribution in [0, 0.1) is 5.41 Å². The van der Waals surface area contributed by atoms with Gasteiger partial charge in [-0.1, -0.05) is 270 Å². The number of benzene rings is 8. The molecule has 0 saturated carbocycles. The summed E-state index contributed by atoms with van der Waals surface area (Å²) in [5.41, 5.74) is 16.6. The summed E-state index contributed by atoms with van der Waals surface area (Å²) < 4.78 is 130. The third-order valence-electron chi connectivity index (χ3n) is 19.8. The Labute approximate surface area is 644 Å².